The largest absolute Gasteiger partial charge is 0.454 e. The number of aromatic nitrogens is 2. The number of nitrogens with one attached hydrogen (secondary N) is 2. The fourth-order valence-electron chi connectivity index (χ4n) is 2.48. The lowest BCUT2D eigenvalue weighted by Gasteiger charge is -2.11. The molecule has 2 N–H and O–H groups in total. The maximum atomic E-state index is 13.3. The second-order valence-electron chi connectivity index (χ2n) is 5.64. The highest BCUT2D eigenvalue weighted by Crippen LogP contribution is 2.34. The number of hydrogen-bond donors (Lipinski definition) is 2. The number of benzene rings is 2. The molecule has 0 saturated heterocycles. The molecule has 6 nitrogen and oxygen atoms in total. The Morgan fingerprint density at radius 2 is 2.00 bits per heavy atom. The first-order valence-corrected chi connectivity index (χ1v) is 8.59. The summed E-state index contributed by atoms with van der Waals surface area (Å²) in [6.07, 6.45) is 0. The number of imidazole rings is 1. The van der Waals surface area contributed by atoms with Gasteiger partial charge in [0.2, 0.25) is 12.7 Å². The van der Waals surface area contributed by atoms with Crippen molar-refractivity contribution in [2.45, 2.75) is 17.3 Å². The molecule has 1 amide bonds. The number of amides is 1. The zero-order valence-electron chi connectivity index (χ0n) is 13.5. The van der Waals surface area contributed by atoms with E-state index in [1.807, 2.05) is 0 Å². The van der Waals surface area contributed by atoms with E-state index in [1.54, 1.807) is 25.1 Å². The number of anilines is 1. The number of H-pyrrole nitrogens is 1. The molecule has 1 aliphatic heterocycles. The van der Waals surface area contributed by atoms with Crippen molar-refractivity contribution in [3.05, 3.63) is 42.0 Å². The van der Waals surface area contributed by atoms with E-state index in [0.29, 0.717) is 33.4 Å². The summed E-state index contributed by atoms with van der Waals surface area (Å²) in [5.74, 6) is -0.955. The number of halogens is 2. The van der Waals surface area contributed by atoms with Crippen LogP contribution in [0, 0.1) is 11.6 Å². The van der Waals surface area contributed by atoms with Crippen LogP contribution in [0.25, 0.3) is 11.0 Å². The quantitative estimate of drug-likeness (QED) is 0.678. The molecule has 0 radical (unpaired) electrons. The Hall–Kier alpha value is -2.81. The molecule has 2 aromatic carbocycles. The van der Waals surface area contributed by atoms with Crippen LogP contribution < -0.4 is 14.8 Å². The molecule has 9 heteroatoms. The smallest absolute Gasteiger partial charge is 0.237 e. The van der Waals surface area contributed by atoms with E-state index >= 15 is 0 Å². The summed E-state index contributed by atoms with van der Waals surface area (Å²) in [5, 5.41) is 2.70. The standard InChI is InChI=1S/C17H13F2N3O3S/c1-8(16(23)20-9-2-3-14-15(4-9)25-7-24-14)26-17-21-12-5-10(18)11(19)6-13(12)22-17/h2-6,8H,7H2,1H3,(H,20,23)(H,21,22). The molecule has 1 aromatic heterocycles. The van der Waals surface area contributed by atoms with Gasteiger partial charge < -0.3 is 19.8 Å². The molecule has 2 heterocycles. The lowest BCUT2D eigenvalue weighted by Crippen LogP contribution is -2.22. The van der Waals surface area contributed by atoms with E-state index in [2.05, 4.69) is 15.3 Å². The molecule has 0 aliphatic carbocycles. The van der Waals surface area contributed by atoms with Crippen LogP contribution in [0.4, 0.5) is 14.5 Å². The Labute approximate surface area is 150 Å². The fraction of sp³-hybridized carbons (Fsp3) is 0.176. The van der Waals surface area contributed by atoms with Crippen molar-refractivity contribution in [3.63, 3.8) is 0 Å². The second kappa shape index (κ2) is 6.49. The average Bonchev–Trinajstić information content (AvgIpc) is 3.21. The van der Waals surface area contributed by atoms with Crippen molar-refractivity contribution in [2.24, 2.45) is 0 Å². The van der Waals surface area contributed by atoms with Gasteiger partial charge >= 0.3 is 0 Å². The average molecular weight is 377 g/mol. The first-order chi connectivity index (χ1) is 12.5. The number of nitrogens with zero attached hydrogens (tertiary/aromatic N) is 1. The molecule has 0 spiro atoms. The van der Waals surface area contributed by atoms with Crippen LogP contribution in [0.1, 0.15) is 6.92 Å². The molecule has 1 aliphatic rings. The first-order valence-electron chi connectivity index (χ1n) is 7.71. The first kappa shape index (κ1) is 16.6. The van der Waals surface area contributed by atoms with Gasteiger partial charge in [-0.05, 0) is 19.1 Å². The van der Waals surface area contributed by atoms with Gasteiger partial charge in [0.05, 0.1) is 16.3 Å². The minimum Gasteiger partial charge on any atom is -0.454 e. The molecule has 0 fully saturated rings. The van der Waals surface area contributed by atoms with Crippen molar-refractivity contribution >= 4 is 34.4 Å². The number of ether oxygens (including phenoxy) is 2. The summed E-state index contributed by atoms with van der Waals surface area (Å²) in [6, 6.07) is 7.18. The summed E-state index contributed by atoms with van der Waals surface area (Å²) >= 11 is 1.15. The third-order valence-corrected chi connectivity index (χ3v) is 4.78. The van der Waals surface area contributed by atoms with Crippen molar-refractivity contribution in [2.75, 3.05) is 12.1 Å². The van der Waals surface area contributed by atoms with Gasteiger partial charge in [-0.2, -0.15) is 0 Å². The lowest BCUT2D eigenvalue weighted by molar-refractivity contribution is -0.115. The van der Waals surface area contributed by atoms with Crippen molar-refractivity contribution in [3.8, 4) is 11.5 Å². The molecule has 1 atom stereocenters. The van der Waals surface area contributed by atoms with E-state index in [0.717, 1.165) is 23.9 Å². The van der Waals surface area contributed by atoms with E-state index in [1.165, 1.54) is 0 Å². The number of hydrogen-bond acceptors (Lipinski definition) is 5. The minimum atomic E-state index is -0.964. The maximum absolute atomic E-state index is 13.3. The molecule has 0 bridgehead atoms. The van der Waals surface area contributed by atoms with Crippen LogP contribution in [0.2, 0.25) is 0 Å². The Kier molecular flexibility index (Phi) is 4.15. The van der Waals surface area contributed by atoms with Crippen LogP contribution in [0.3, 0.4) is 0 Å². The normalized spacial score (nSPS) is 13.8. The summed E-state index contributed by atoms with van der Waals surface area (Å²) in [7, 11) is 0. The number of fused-ring (bicyclic) bond motifs is 2. The zero-order chi connectivity index (χ0) is 18.3. The van der Waals surface area contributed by atoms with E-state index < -0.39 is 16.9 Å². The lowest BCUT2D eigenvalue weighted by atomic mass is 10.2. The van der Waals surface area contributed by atoms with Crippen molar-refractivity contribution in [1.29, 1.82) is 0 Å². The molecule has 26 heavy (non-hydrogen) atoms. The molecule has 134 valence electrons. The van der Waals surface area contributed by atoms with Gasteiger partial charge in [0.15, 0.2) is 28.3 Å². The number of thioether (sulfide) groups is 1. The highest BCUT2D eigenvalue weighted by atomic mass is 32.2. The monoisotopic (exact) mass is 377 g/mol. The van der Waals surface area contributed by atoms with E-state index in [4.69, 9.17) is 9.47 Å². The number of aromatic amines is 1. The van der Waals surface area contributed by atoms with Gasteiger partial charge in [-0.15, -0.1) is 0 Å². The molecular weight excluding hydrogens is 364 g/mol. The maximum Gasteiger partial charge on any atom is 0.237 e. The minimum absolute atomic E-state index is 0.159. The Bertz CT molecular complexity index is 969. The third kappa shape index (κ3) is 3.17. The summed E-state index contributed by atoms with van der Waals surface area (Å²) < 4.78 is 37.0. The zero-order valence-corrected chi connectivity index (χ0v) is 14.3. The van der Waals surface area contributed by atoms with Crippen LogP contribution >= 0.6 is 11.8 Å². The fourth-order valence-corrected chi connectivity index (χ4v) is 3.30. The van der Waals surface area contributed by atoms with Gasteiger partial charge in [-0.3, -0.25) is 4.79 Å². The van der Waals surface area contributed by atoms with Crippen LogP contribution in [0.15, 0.2) is 35.5 Å². The van der Waals surface area contributed by atoms with E-state index in [9.17, 15) is 13.6 Å². The van der Waals surface area contributed by atoms with E-state index in [-0.39, 0.29) is 12.7 Å². The predicted octanol–water partition coefficient (Wildman–Crippen LogP) is 3.69. The molecular formula is C17H13F2N3O3S. The van der Waals surface area contributed by atoms with Crippen LogP contribution in [-0.4, -0.2) is 27.9 Å². The van der Waals surface area contributed by atoms with Gasteiger partial charge in [0.1, 0.15) is 0 Å². The third-order valence-electron chi connectivity index (χ3n) is 3.80. The molecule has 0 saturated carbocycles. The number of rotatable bonds is 4. The SMILES string of the molecule is CC(Sc1nc2cc(F)c(F)cc2[nH]1)C(=O)Nc1ccc2c(c1)OCO2. The van der Waals surface area contributed by atoms with Gasteiger partial charge in [-0.25, -0.2) is 13.8 Å². The molecule has 3 aromatic rings. The number of carbonyl (C=O) groups is 1. The Balaban J connectivity index is 1.45. The topological polar surface area (TPSA) is 76.2 Å². The van der Waals surface area contributed by atoms with Gasteiger partial charge in [0.25, 0.3) is 0 Å². The highest BCUT2D eigenvalue weighted by molar-refractivity contribution is 8.00. The summed E-state index contributed by atoms with van der Waals surface area (Å²) in [6.45, 7) is 1.87. The summed E-state index contributed by atoms with van der Waals surface area (Å²) in [4.78, 5) is 19.4. The second-order valence-corrected chi connectivity index (χ2v) is 6.97. The Morgan fingerprint density at radius 3 is 2.85 bits per heavy atom. The van der Waals surface area contributed by atoms with Gasteiger partial charge in [-0.1, -0.05) is 11.8 Å². The Morgan fingerprint density at radius 1 is 1.23 bits per heavy atom. The van der Waals surface area contributed by atoms with Crippen molar-refractivity contribution < 1.29 is 23.0 Å². The summed E-state index contributed by atoms with van der Waals surface area (Å²) in [5.41, 5.74) is 1.25. The molecule has 4 rings (SSSR count). The predicted molar refractivity (Wildman–Crippen MR) is 92.5 cm³/mol. The van der Waals surface area contributed by atoms with Crippen LogP contribution in [-0.2, 0) is 4.79 Å². The number of carbonyl (C=O) groups excluding carboxylic acids is 1. The van der Waals surface area contributed by atoms with Crippen molar-refractivity contribution in [1.82, 2.24) is 9.97 Å². The van der Waals surface area contributed by atoms with Crippen LogP contribution in [0.5, 0.6) is 11.5 Å². The molecule has 1 unspecified atom stereocenters. The van der Waals surface area contributed by atoms with Gasteiger partial charge in [0, 0.05) is 23.9 Å². The highest BCUT2D eigenvalue weighted by Gasteiger charge is 2.19.